The molecule has 9 nitrogen and oxygen atoms in total. The average Bonchev–Trinajstić information content (AvgIpc) is 4.03. The van der Waals surface area contributed by atoms with Gasteiger partial charge in [0.25, 0.3) is 16.6 Å². The van der Waals surface area contributed by atoms with Crippen LogP contribution in [-0.4, -0.2) is 93.3 Å². The number of carbonyl (C=O) groups is 2. The fourth-order valence-corrected chi connectivity index (χ4v) is 22.5. The van der Waals surface area contributed by atoms with Crippen LogP contribution in [0.2, 0.25) is 28.2 Å². The van der Waals surface area contributed by atoms with Crippen LogP contribution in [0.3, 0.4) is 0 Å². The predicted molar refractivity (Wildman–Crippen MR) is 292 cm³/mol. The van der Waals surface area contributed by atoms with Crippen molar-refractivity contribution in [1.82, 2.24) is 0 Å². The zero-order chi connectivity index (χ0) is 51.9. The maximum absolute atomic E-state index is 14.2. The van der Waals surface area contributed by atoms with Crippen molar-refractivity contribution < 1.29 is 41.8 Å². The third kappa shape index (κ3) is 10.8. The lowest BCUT2D eigenvalue weighted by Gasteiger charge is -2.48. The molecule has 1 heterocycles. The van der Waals surface area contributed by atoms with E-state index >= 15 is 0 Å². The van der Waals surface area contributed by atoms with Crippen LogP contribution in [0, 0.1) is 29.6 Å². The molecule has 378 valence electrons. The zero-order valence-electron chi connectivity index (χ0n) is 44.3. The minimum atomic E-state index is -3.39. The number of hydrogen-bond acceptors (Lipinski definition) is 9. The highest BCUT2D eigenvalue weighted by atomic mass is 28.4. The molecular formula is C59H76O9Si3. The fraction of sp³-hybridized carbons (Fsp3) is 0.458. The lowest BCUT2D eigenvalue weighted by atomic mass is 9.93. The van der Waals surface area contributed by atoms with Crippen LogP contribution in [-0.2, 0) is 41.8 Å². The molecular weight excluding hydrogens is 937 g/mol. The van der Waals surface area contributed by atoms with Gasteiger partial charge >= 0.3 is 5.97 Å². The Morgan fingerprint density at radius 3 is 1.51 bits per heavy atom. The molecule has 1 spiro atoms. The van der Waals surface area contributed by atoms with E-state index in [0.717, 1.165) is 20.7 Å². The Bertz CT molecular complexity index is 2460. The second kappa shape index (κ2) is 22.2. The molecule has 0 radical (unpaired) electrons. The van der Waals surface area contributed by atoms with Crippen molar-refractivity contribution in [2.24, 2.45) is 5.41 Å². The van der Waals surface area contributed by atoms with Crippen molar-refractivity contribution in [2.75, 3.05) is 20.5 Å². The molecule has 6 rings (SSSR count). The van der Waals surface area contributed by atoms with Gasteiger partial charge < -0.3 is 32.2 Å². The molecule has 2 aliphatic rings. The van der Waals surface area contributed by atoms with E-state index in [9.17, 15) is 9.59 Å². The summed E-state index contributed by atoms with van der Waals surface area (Å²) in [6.45, 7) is 24.5. The second-order valence-electron chi connectivity index (χ2n) is 21.9. The van der Waals surface area contributed by atoms with Crippen LogP contribution < -0.4 is 20.7 Å². The SMILES string of the molecule is C#C[C@@H]1O[C@]12C(C#C[C@](C=O)(O[Si](CC)(CC)CC)[C@@H](COC(=O)C(C)(C)C)OCOC)=C[C@H](O[Si](c1ccccc1)(c1ccccc1)C(C)(C)C)[C@H]2O[Si](c1ccccc1)(c1ccccc1)C(C)(C)C. The normalized spacial score (nSPS) is 20.7. The van der Waals surface area contributed by atoms with Crippen molar-refractivity contribution in [3.8, 4) is 24.2 Å². The quantitative estimate of drug-likeness (QED) is 0.0214. The molecule has 12 heteroatoms. The molecule has 6 atom stereocenters. The lowest BCUT2D eigenvalue weighted by molar-refractivity contribution is -0.174. The van der Waals surface area contributed by atoms with Crippen LogP contribution in [0.25, 0.3) is 0 Å². The molecule has 0 saturated carbocycles. The number of rotatable bonds is 20. The average molecular weight is 1010 g/mol. The van der Waals surface area contributed by atoms with E-state index in [1.165, 1.54) is 7.11 Å². The highest BCUT2D eigenvalue weighted by Crippen LogP contribution is 2.55. The Hall–Kier alpha value is -4.71. The van der Waals surface area contributed by atoms with Gasteiger partial charge in [-0.25, -0.2) is 0 Å². The highest BCUT2D eigenvalue weighted by molar-refractivity contribution is 7.00. The summed E-state index contributed by atoms with van der Waals surface area (Å²) in [5.41, 5.74) is -3.55. The third-order valence-corrected chi connectivity index (χ3v) is 29.1. The summed E-state index contributed by atoms with van der Waals surface area (Å²) in [6, 6.07) is 44.1. The number of terminal acetylenes is 1. The first-order valence-electron chi connectivity index (χ1n) is 25.1. The molecule has 1 aliphatic carbocycles. The van der Waals surface area contributed by atoms with E-state index in [-0.39, 0.29) is 13.4 Å². The summed E-state index contributed by atoms with van der Waals surface area (Å²) in [7, 11) is -7.92. The summed E-state index contributed by atoms with van der Waals surface area (Å²) >= 11 is 0. The molecule has 4 aromatic carbocycles. The Labute approximate surface area is 427 Å². The second-order valence-corrected chi connectivity index (χ2v) is 35.1. The van der Waals surface area contributed by atoms with Crippen molar-refractivity contribution in [3.63, 3.8) is 0 Å². The molecule has 0 N–H and O–H groups in total. The summed E-state index contributed by atoms with van der Waals surface area (Å²) in [6.07, 6.45) is 5.64. The number of ether oxygens (including phenoxy) is 4. The number of esters is 1. The van der Waals surface area contributed by atoms with Gasteiger partial charge in [-0.05, 0) is 75.8 Å². The van der Waals surface area contributed by atoms with E-state index in [2.05, 4.69) is 177 Å². The Morgan fingerprint density at radius 2 is 1.15 bits per heavy atom. The Balaban J connectivity index is 1.69. The van der Waals surface area contributed by atoms with Crippen molar-refractivity contribution in [3.05, 3.63) is 133 Å². The molecule has 0 aromatic heterocycles. The van der Waals surface area contributed by atoms with Gasteiger partial charge in [0.15, 0.2) is 26.3 Å². The number of epoxide rings is 1. The van der Waals surface area contributed by atoms with Gasteiger partial charge in [0.2, 0.25) is 5.60 Å². The van der Waals surface area contributed by atoms with Crippen molar-refractivity contribution >= 4 is 58.0 Å². The Kier molecular flexibility index (Phi) is 17.4. The van der Waals surface area contributed by atoms with Gasteiger partial charge in [-0.1, -0.05) is 201 Å². The van der Waals surface area contributed by atoms with Crippen LogP contribution in [0.1, 0.15) is 83.1 Å². The molecule has 4 aromatic rings. The Morgan fingerprint density at radius 1 is 0.718 bits per heavy atom. The highest BCUT2D eigenvalue weighted by Gasteiger charge is 2.72. The van der Waals surface area contributed by atoms with Gasteiger partial charge in [-0.15, -0.1) is 6.42 Å². The van der Waals surface area contributed by atoms with Crippen molar-refractivity contribution in [1.29, 1.82) is 0 Å². The first kappa shape index (κ1) is 55.6. The number of hydrogen-bond donors (Lipinski definition) is 0. The number of aldehydes is 1. The first-order valence-corrected chi connectivity index (χ1v) is 31.4. The topological polar surface area (TPSA) is 102 Å². The van der Waals surface area contributed by atoms with E-state index in [1.807, 2.05) is 30.3 Å². The largest absolute Gasteiger partial charge is 0.462 e. The van der Waals surface area contributed by atoms with Crippen molar-refractivity contribution in [2.45, 2.75) is 147 Å². The van der Waals surface area contributed by atoms with Crippen LogP contribution >= 0.6 is 0 Å². The van der Waals surface area contributed by atoms with E-state index in [1.54, 1.807) is 20.8 Å². The third-order valence-electron chi connectivity index (χ3n) is 14.4. The molecule has 0 amide bonds. The minimum absolute atomic E-state index is 0.213. The van der Waals surface area contributed by atoms with Crippen LogP contribution in [0.5, 0.6) is 0 Å². The van der Waals surface area contributed by atoms with E-state index in [0.29, 0.717) is 30.0 Å². The number of methoxy groups -OCH3 is 1. The van der Waals surface area contributed by atoms with E-state index in [4.69, 9.17) is 38.6 Å². The van der Waals surface area contributed by atoms with Crippen LogP contribution in [0.4, 0.5) is 0 Å². The van der Waals surface area contributed by atoms with Gasteiger partial charge in [0.05, 0.1) is 11.5 Å². The maximum Gasteiger partial charge on any atom is 0.311 e. The van der Waals surface area contributed by atoms with Crippen LogP contribution in [0.15, 0.2) is 133 Å². The number of benzene rings is 4. The molecule has 1 aliphatic heterocycles. The predicted octanol–water partition coefficient (Wildman–Crippen LogP) is 9.13. The summed E-state index contributed by atoms with van der Waals surface area (Å²) in [4.78, 5) is 27.5. The summed E-state index contributed by atoms with van der Waals surface area (Å²) < 4.78 is 48.1. The first-order chi connectivity index (χ1) is 33.6. The maximum atomic E-state index is 14.2. The lowest BCUT2D eigenvalue weighted by Crippen LogP contribution is -2.71. The van der Waals surface area contributed by atoms with Gasteiger partial charge in [0, 0.05) is 12.7 Å². The molecule has 0 bridgehead atoms. The smallest absolute Gasteiger partial charge is 0.311 e. The fourth-order valence-electron chi connectivity index (χ4n) is 10.3. The summed E-state index contributed by atoms with van der Waals surface area (Å²) in [5.74, 6) is 9.35. The molecule has 71 heavy (non-hydrogen) atoms. The van der Waals surface area contributed by atoms with E-state index < -0.39 is 82.0 Å². The standard InChI is InChI=1S/C59H76O9Si3/c1-15-51-59(65-51)45(39-40-58(43-60,68-69(16-2,17-3)18-4)52(64-44-62-14)42-63-54(61)55(5,6)7)41-50(66-70(56(8,9)10,46-31-23-19-24-32-46)47-33-25-20-26-34-47)53(59)67-71(57(11,12)13,48-35-27-21-28-36-48)49-37-29-22-30-38-49/h1,19-38,41,43,50-53H,16-18,42,44H2,2-14H3/t50-,51-,52+,53+,58+,59+/m0/s1. The molecule has 1 fully saturated rings. The minimum Gasteiger partial charge on any atom is -0.462 e. The van der Waals surface area contributed by atoms with Gasteiger partial charge in [-0.2, -0.15) is 0 Å². The molecule has 1 saturated heterocycles. The summed E-state index contributed by atoms with van der Waals surface area (Å²) in [5, 5.41) is 3.46. The molecule has 0 unspecified atom stereocenters. The monoisotopic (exact) mass is 1010 g/mol. The van der Waals surface area contributed by atoms with Gasteiger partial charge in [-0.3, -0.25) is 9.59 Å². The zero-order valence-corrected chi connectivity index (χ0v) is 47.3. The number of carbonyl (C=O) groups excluding carboxylic acids is 2. The van der Waals surface area contributed by atoms with Gasteiger partial charge in [0.1, 0.15) is 25.6 Å².